The Morgan fingerprint density at radius 1 is 1.00 bits per heavy atom. The van der Waals surface area contributed by atoms with Crippen molar-refractivity contribution in [3.05, 3.63) is 59.9 Å². The van der Waals surface area contributed by atoms with E-state index < -0.39 is 33.8 Å². The number of benzene rings is 2. The normalized spacial score (nSPS) is 23.3. The maximum Gasteiger partial charge on any atom is 0.278 e. The summed E-state index contributed by atoms with van der Waals surface area (Å²) in [4.78, 5) is 56.4. The van der Waals surface area contributed by atoms with Gasteiger partial charge in [-0.3, -0.25) is 19.2 Å². The third kappa shape index (κ3) is 7.85. The molecule has 4 fully saturated rings. The number of rotatable bonds is 10. The summed E-state index contributed by atoms with van der Waals surface area (Å²) in [5.41, 5.74) is 5.69. The van der Waals surface area contributed by atoms with Gasteiger partial charge in [0.2, 0.25) is 11.8 Å². The molecule has 0 unspecified atom stereocenters. The molecule has 0 radical (unpaired) electrons. The SMILES string of the molecule is CC(C)(O)c1cnnn1[C@H]1C[C@@H](C(=O)NC2(SC(N)=O)CCC3(CC3)CC2)N(C(=O)[C@@H](CC2CCCCC2)NC(=O)c2ccc3ccccc3c2)C1. The van der Waals surface area contributed by atoms with Crippen LogP contribution in [0, 0.1) is 11.3 Å². The van der Waals surface area contributed by atoms with Crippen LogP contribution in [0.1, 0.15) is 119 Å². The quantitative estimate of drug-likeness (QED) is 0.197. The summed E-state index contributed by atoms with van der Waals surface area (Å²) in [6.45, 7) is 3.43. The first-order chi connectivity index (χ1) is 24.8. The molecule has 3 atom stereocenters. The largest absolute Gasteiger partial charge is 0.384 e. The van der Waals surface area contributed by atoms with Gasteiger partial charge in [0, 0.05) is 18.5 Å². The van der Waals surface area contributed by atoms with Crippen LogP contribution >= 0.6 is 11.8 Å². The lowest BCUT2D eigenvalue weighted by Gasteiger charge is -2.41. The van der Waals surface area contributed by atoms with E-state index in [1.807, 2.05) is 36.4 Å². The van der Waals surface area contributed by atoms with Crippen LogP contribution in [0.15, 0.2) is 48.7 Å². The Morgan fingerprint density at radius 2 is 1.69 bits per heavy atom. The second kappa shape index (κ2) is 14.5. The topological polar surface area (TPSA) is 173 Å². The van der Waals surface area contributed by atoms with Gasteiger partial charge in [0.05, 0.1) is 22.8 Å². The van der Waals surface area contributed by atoms with E-state index >= 15 is 0 Å². The van der Waals surface area contributed by atoms with E-state index in [-0.39, 0.29) is 36.6 Å². The van der Waals surface area contributed by atoms with Crippen LogP contribution in [0.5, 0.6) is 0 Å². The highest BCUT2D eigenvalue weighted by atomic mass is 32.2. The predicted octanol–water partition coefficient (Wildman–Crippen LogP) is 5.55. The Morgan fingerprint density at radius 3 is 2.37 bits per heavy atom. The number of aliphatic hydroxyl groups is 1. The van der Waals surface area contributed by atoms with Crippen LogP contribution in [0.2, 0.25) is 0 Å². The van der Waals surface area contributed by atoms with E-state index in [2.05, 4.69) is 20.9 Å². The maximum atomic E-state index is 14.9. The lowest BCUT2D eigenvalue weighted by molar-refractivity contribution is -0.140. The van der Waals surface area contributed by atoms with Crippen LogP contribution in [-0.2, 0) is 15.2 Å². The third-order valence-electron chi connectivity index (χ3n) is 12.0. The van der Waals surface area contributed by atoms with Crippen molar-refractivity contribution in [2.45, 2.75) is 126 Å². The number of primary amides is 1. The third-order valence-corrected chi connectivity index (χ3v) is 13.1. The van der Waals surface area contributed by atoms with Crippen LogP contribution < -0.4 is 16.4 Å². The summed E-state index contributed by atoms with van der Waals surface area (Å²) in [6, 6.07) is 11.1. The molecule has 4 aliphatic rings. The number of fused-ring (bicyclic) bond motifs is 1. The summed E-state index contributed by atoms with van der Waals surface area (Å²) in [7, 11) is 0. The Balaban J connectivity index is 1.19. The van der Waals surface area contributed by atoms with Crippen LogP contribution in [0.4, 0.5) is 4.79 Å². The second-order valence-corrected chi connectivity index (χ2v) is 17.6. The van der Waals surface area contributed by atoms with Crippen molar-refractivity contribution < 1.29 is 24.3 Å². The van der Waals surface area contributed by atoms with E-state index in [1.54, 1.807) is 29.5 Å². The first-order valence-electron chi connectivity index (χ1n) is 18.9. The minimum absolute atomic E-state index is 0.134. The summed E-state index contributed by atoms with van der Waals surface area (Å²) in [5.74, 6) is -0.775. The monoisotopic (exact) mass is 729 g/mol. The first-order valence-corrected chi connectivity index (χ1v) is 19.7. The van der Waals surface area contributed by atoms with E-state index in [4.69, 9.17) is 5.73 Å². The minimum atomic E-state index is -1.26. The Hall–Kier alpha value is -3.97. The van der Waals surface area contributed by atoms with Crippen molar-refractivity contribution >= 4 is 45.5 Å². The molecule has 12 nitrogen and oxygen atoms in total. The highest BCUT2D eigenvalue weighted by Gasteiger charge is 2.52. The number of nitrogens with two attached hydrogens (primary N) is 1. The average Bonchev–Trinajstić information content (AvgIpc) is 3.47. The van der Waals surface area contributed by atoms with Crippen LogP contribution in [-0.4, -0.2) is 71.5 Å². The molecule has 7 rings (SSSR count). The van der Waals surface area contributed by atoms with Crippen LogP contribution in [0.3, 0.4) is 0 Å². The van der Waals surface area contributed by atoms with Gasteiger partial charge in [0.1, 0.15) is 17.7 Å². The van der Waals surface area contributed by atoms with Crippen molar-refractivity contribution in [1.29, 1.82) is 0 Å². The highest BCUT2D eigenvalue weighted by Crippen LogP contribution is 2.59. The molecule has 1 aromatic heterocycles. The van der Waals surface area contributed by atoms with Crippen molar-refractivity contribution in [1.82, 2.24) is 30.5 Å². The number of likely N-dealkylation sites (tertiary alicyclic amines) is 1. The lowest BCUT2D eigenvalue weighted by atomic mass is 9.83. The van der Waals surface area contributed by atoms with Gasteiger partial charge in [-0.1, -0.05) is 67.6 Å². The Kier molecular flexibility index (Phi) is 10.1. The molecular weight excluding hydrogens is 679 g/mol. The molecule has 278 valence electrons. The van der Waals surface area contributed by atoms with Crippen molar-refractivity contribution in [2.75, 3.05) is 6.54 Å². The fraction of sp³-hybridized carbons (Fsp3) is 0.590. The van der Waals surface area contributed by atoms with Gasteiger partial charge in [0.15, 0.2) is 0 Å². The number of carbonyl (C=O) groups is 4. The predicted molar refractivity (Wildman–Crippen MR) is 199 cm³/mol. The van der Waals surface area contributed by atoms with Crippen molar-refractivity contribution in [3.8, 4) is 0 Å². The van der Waals surface area contributed by atoms with Crippen molar-refractivity contribution in [3.63, 3.8) is 0 Å². The molecule has 3 aromatic rings. The van der Waals surface area contributed by atoms with Gasteiger partial charge in [0.25, 0.3) is 11.1 Å². The summed E-state index contributed by atoms with van der Waals surface area (Å²) >= 11 is 0.975. The molecule has 4 amide bonds. The van der Waals surface area contributed by atoms with Gasteiger partial charge >= 0.3 is 0 Å². The Bertz CT molecular complexity index is 1820. The molecule has 13 heteroatoms. The molecule has 3 aliphatic carbocycles. The van der Waals surface area contributed by atoms with Gasteiger partial charge < -0.3 is 26.4 Å². The number of amides is 4. The second-order valence-electron chi connectivity index (χ2n) is 16.3. The highest BCUT2D eigenvalue weighted by molar-refractivity contribution is 8.14. The summed E-state index contributed by atoms with van der Waals surface area (Å²) in [6.07, 6.45) is 12.8. The van der Waals surface area contributed by atoms with E-state index in [1.165, 1.54) is 19.0 Å². The number of nitrogens with one attached hydrogen (secondary N) is 2. The lowest BCUT2D eigenvalue weighted by Crippen LogP contribution is -2.58. The minimum Gasteiger partial charge on any atom is -0.384 e. The Labute approximate surface area is 309 Å². The van der Waals surface area contributed by atoms with Gasteiger partial charge in [-0.2, -0.15) is 0 Å². The number of hydrogen-bond donors (Lipinski definition) is 4. The van der Waals surface area contributed by atoms with Gasteiger partial charge in [-0.25, -0.2) is 4.68 Å². The molecular formula is C39H51N7O5S. The zero-order valence-corrected chi connectivity index (χ0v) is 31.0. The number of aromatic nitrogens is 3. The van der Waals surface area contributed by atoms with Crippen LogP contribution in [0.25, 0.3) is 10.8 Å². The maximum absolute atomic E-state index is 14.9. The number of hydrogen-bond acceptors (Lipinski definition) is 8. The van der Waals surface area contributed by atoms with Crippen molar-refractivity contribution in [2.24, 2.45) is 17.1 Å². The first kappa shape index (κ1) is 36.4. The van der Waals surface area contributed by atoms with E-state index in [0.717, 1.165) is 67.5 Å². The van der Waals surface area contributed by atoms with E-state index in [9.17, 15) is 24.3 Å². The van der Waals surface area contributed by atoms with Gasteiger partial charge in [-0.05, 0) is 105 Å². The summed E-state index contributed by atoms with van der Waals surface area (Å²) in [5, 5.41) is 27.0. The zero-order valence-electron chi connectivity index (χ0n) is 30.2. The molecule has 52 heavy (non-hydrogen) atoms. The smallest absolute Gasteiger partial charge is 0.278 e. The zero-order chi connectivity index (χ0) is 36.7. The molecule has 2 heterocycles. The fourth-order valence-corrected chi connectivity index (χ4v) is 9.74. The molecule has 1 aliphatic heterocycles. The fourth-order valence-electron chi connectivity index (χ4n) is 8.80. The standard InChI is InChI=1S/C39H51N7O5S/c1-37(2,51)32-23-41-44-46(32)29-22-31(34(48)43-39(52-36(40)50)18-16-38(14-15-38)17-19-39)45(24-29)35(49)30(20-25-8-4-3-5-9-25)42-33(47)28-13-12-26-10-6-7-11-27(26)21-28/h6-7,10-13,21,23,25,29-31,51H,3-5,8-9,14-20,22,24H2,1-2H3,(H2,40,50)(H,42,47)(H,43,48)/t29-,30+,31-/m0/s1. The van der Waals surface area contributed by atoms with E-state index in [0.29, 0.717) is 35.9 Å². The molecule has 0 bridgehead atoms. The molecule has 1 spiro atoms. The molecule has 2 aromatic carbocycles. The molecule has 5 N–H and O–H groups in total. The number of nitrogens with zero attached hydrogens (tertiary/aromatic N) is 4. The molecule has 1 saturated heterocycles. The number of carbonyl (C=O) groups excluding carboxylic acids is 4. The van der Waals surface area contributed by atoms with Gasteiger partial charge in [-0.15, -0.1) is 5.10 Å². The molecule has 3 saturated carbocycles. The average molecular weight is 730 g/mol. The summed E-state index contributed by atoms with van der Waals surface area (Å²) < 4.78 is 1.61. The number of thioether (sulfide) groups is 1.